The molecule has 1 spiro atoms. The molecule has 184 valence electrons. The van der Waals surface area contributed by atoms with Gasteiger partial charge in [-0.05, 0) is 63.2 Å². The molecule has 1 N–H and O–H groups in total. The summed E-state index contributed by atoms with van der Waals surface area (Å²) in [5.41, 5.74) is 0.761. The molecule has 1 heterocycles. The van der Waals surface area contributed by atoms with E-state index in [4.69, 9.17) is 14.2 Å². The first kappa shape index (κ1) is 23.4. The second-order valence-electron chi connectivity index (χ2n) is 12.6. The van der Waals surface area contributed by atoms with Crippen LogP contribution < -0.4 is 9.47 Å². The van der Waals surface area contributed by atoms with Gasteiger partial charge in [-0.1, -0.05) is 40.7 Å². The average molecular weight is 458 g/mol. The number of likely N-dealkylation sites (N-methyl/N-ethyl adjacent to an activating group) is 1. The van der Waals surface area contributed by atoms with Crippen molar-refractivity contribution in [3.63, 3.8) is 0 Å². The minimum absolute atomic E-state index is 0.00672. The van der Waals surface area contributed by atoms with Gasteiger partial charge in [0, 0.05) is 35.5 Å². The van der Waals surface area contributed by atoms with Crippen LogP contribution in [0, 0.1) is 16.7 Å². The molecular weight excluding hydrogens is 414 g/mol. The Morgan fingerprint density at radius 1 is 1.18 bits per heavy atom. The lowest BCUT2D eigenvalue weighted by Crippen LogP contribution is -2.80. The number of aliphatic hydroxyl groups is 1. The predicted molar refractivity (Wildman–Crippen MR) is 130 cm³/mol. The van der Waals surface area contributed by atoms with Gasteiger partial charge >= 0.3 is 0 Å². The molecule has 0 amide bonds. The van der Waals surface area contributed by atoms with E-state index in [2.05, 4.69) is 58.7 Å². The quantitative estimate of drug-likeness (QED) is 0.702. The lowest BCUT2D eigenvalue weighted by atomic mass is 9.35. The van der Waals surface area contributed by atoms with Crippen LogP contribution in [0.5, 0.6) is 11.5 Å². The topological polar surface area (TPSA) is 51.2 Å². The third-order valence-corrected chi connectivity index (χ3v) is 11.0. The molecule has 3 fully saturated rings. The van der Waals surface area contributed by atoms with E-state index in [9.17, 15) is 5.11 Å². The van der Waals surface area contributed by atoms with Gasteiger partial charge in [-0.3, -0.25) is 0 Å². The minimum atomic E-state index is -0.907. The van der Waals surface area contributed by atoms with Crippen LogP contribution in [-0.4, -0.2) is 61.2 Å². The van der Waals surface area contributed by atoms with Crippen LogP contribution >= 0.6 is 0 Å². The second-order valence-corrected chi connectivity index (χ2v) is 12.6. The van der Waals surface area contributed by atoms with Gasteiger partial charge in [-0.25, -0.2) is 0 Å². The molecule has 3 saturated carbocycles. The number of nitrogens with zero attached hydrogens (tertiary/aromatic N) is 1. The predicted octanol–water partition coefficient (Wildman–Crippen LogP) is 4.57. The van der Waals surface area contributed by atoms with Crippen molar-refractivity contribution in [2.75, 3.05) is 27.8 Å². The van der Waals surface area contributed by atoms with Crippen LogP contribution in [0.4, 0.5) is 0 Å². The zero-order chi connectivity index (χ0) is 24.2. The first-order valence-corrected chi connectivity index (χ1v) is 12.7. The fourth-order valence-corrected chi connectivity index (χ4v) is 8.50. The van der Waals surface area contributed by atoms with Crippen molar-refractivity contribution in [2.24, 2.45) is 16.7 Å². The Hall–Kier alpha value is -1.30. The summed E-state index contributed by atoms with van der Waals surface area (Å²) in [6.45, 7) is 14.2. The van der Waals surface area contributed by atoms with Gasteiger partial charge < -0.3 is 24.2 Å². The number of benzene rings is 1. The highest BCUT2D eigenvalue weighted by Gasteiger charge is 2.80. The molecule has 0 aromatic heterocycles. The number of methoxy groups -OCH3 is 2. The summed E-state index contributed by atoms with van der Waals surface area (Å²) in [6, 6.07) is 4.71. The fourth-order valence-electron chi connectivity index (χ4n) is 8.50. The van der Waals surface area contributed by atoms with Gasteiger partial charge in [-0.2, -0.15) is 0 Å². The van der Waals surface area contributed by atoms with Gasteiger partial charge in [0.25, 0.3) is 0 Å². The monoisotopic (exact) mass is 457 g/mol. The Labute approximate surface area is 199 Å². The molecule has 33 heavy (non-hydrogen) atoms. The van der Waals surface area contributed by atoms with E-state index in [0.29, 0.717) is 6.04 Å². The maximum absolute atomic E-state index is 12.1. The molecule has 4 aliphatic carbocycles. The van der Waals surface area contributed by atoms with Crippen LogP contribution in [0.25, 0.3) is 0 Å². The van der Waals surface area contributed by atoms with Crippen LogP contribution in [0.1, 0.15) is 71.9 Å². The number of fused-ring (bicyclic) bond motifs is 2. The summed E-state index contributed by atoms with van der Waals surface area (Å²) in [4.78, 5) is 2.54. The fraction of sp³-hybridized carbons (Fsp3) is 0.786. The molecule has 5 nitrogen and oxygen atoms in total. The van der Waals surface area contributed by atoms with Gasteiger partial charge in [0.05, 0.1) is 12.7 Å². The van der Waals surface area contributed by atoms with Crippen molar-refractivity contribution in [3.05, 3.63) is 23.3 Å². The highest BCUT2D eigenvalue weighted by molar-refractivity contribution is 5.62. The van der Waals surface area contributed by atoms with Crippen LogP contribution in [0.3, 0.4) is 0 Å². The summed E-state index contributed by atoms with van der Waals surface area (Å²) >= 11 is 0. The Balaban J connectivity index is 1.81. The Kier molecular flexibility index (Phi) is 4.89. The van der Waals surface area contributed by atoms with E-state index in [-0.39, 0.29) is 28.3 Å². The minimum Gasteiger partial charge on any atom is -0.493 e. The summed E-state index contributed by atoms with van der Waals surface area (Å²) in [5, 5.41) is 12.1. The van der Waals surface area contributed by atoms with Crippen molar-refractivity contribution in [1.82, 2.24) is 4.90 Å². The van der Waals surface area contributed by atoms with Gasteiger partial charge in [0.2, 0.25) is 0 Å². The van der Waals surface area contributed by atoms with Crippen molar-refractivity contribution in [2.45, 2.75) is 96.0 Å². The first-order valence-electron chi connectivity index (χ1n) is 12.7. The van der Waals surface area contributed by atoms with Crippen molar-refractivity contribution >= 4 is 0 Å². The summed E-state index contributed by atoms with van der Waals surface area (Å²) in [6.07, 6.45) is 3.77. The summed E-state index contributed by atoms with van der Waals surface area (Å²) in [7, 11) is 5.83. The summed E-state index contributed by atoms with van der Waals surface area (Å²) < 4.78 is 19.3. The van der Waals surface area contributed by atoms with Gasteiger partial charge in [0.1, 0.15) is 11.7 Å². The van der Waals surface area contributed by atoms with Crippen LogP contribution in [0.15, 0.2) is 12.1 Å². The third-order valence-electron chi connectivity index (χ3n) is 11.0. The molecule has 7 atom stereocenters. The first-order chi connectivity index (χ1) is 15.4. The van der Waals surface area contributed by atoms with E-state index in [1.165, 1.54) is 11.1 Å². The molecule has 2 unspecified atom stereocenters. The smallest absolute Gasteiger partial charge is 0.165 e. The van der Waals surface area contributed by atoms with Gasteiger partial charge in [0.15, 0.2) is 11.5 Å². The normalized spacial score (nSPS) is 40.4. The number of hydrogen-bond acceptors (Lipinski definition) is 5. The molecule has 1 aromatic carbocycles. The number of ether oxygens (including phenoxy) is 3. The SMILES string of the molecule is CCN(C)[C@@H]1Cc2ccc(OC)c3c2[C@@]2(C)[C@@H](O3)[C@]3(OC)CCC12C[C@@H]3C(C)(O)C(C)(C)C. The van der Waals surface area contributed by atoms with Gasteiger partial charge in [-0.15, -0.1) is 0 Å². The van der Waals surface area contributed by atoms with E-state index >= 15 is 0 Å². The van der Waals surface area contributed by atoms with E-state index in [0.717, 1.165) is 43.7 Å². The maximum atomic E-state index is 12.1. The van der Waals surface area contributed by atoms with Crippen LogP contribution in [-0.2, 0) is 16.6 Å². The molecule has 5 heteroatoms. The lowest BCUT2D eigenvalue weighted by molar-refractivity contribution is -0.299. The Bertz CT molecular complexity index is 967. The third kappa shape index (κ3) is 2.49. The molecule has 0 radical (unpaired) electrons. The zero-order valence-corrected chi connectivity index (χ0v) is 22.0. The number of rotatable bonds is 5. The Morgan fingerprint density at radius 3 is 2.45 bits per heavy atom. The molecule has 6 rings (SSSR count). The Morgan fingerprint density at radius 2 is 1.88 bits per heavy atom. The highest BCUT2D eigenvalue weighted by atomic mass is 16.6. The average Bonchev–Trinajstić information content (AvgIpc) is 3.12. The molecule has 2 bridgehead atoms. The largest absolute Gasteiger partial charge is 0.493 e. The van der Waals surface area contributed by atoms with E-state index in [1.807, 2.05) is 14.0 Å². The lowest BCUT2D eigenvalue weighted by Gasteiger charge is -2.72. The molecule has 0 saturated heterocycles. The highest BCUT2D eigenvalue weighted by Crippen LogP contribution is 2.75. The van der Waals surface area contributed by atoms with E-state index < -0.39 is 11.2 Å². The van der Waals surface area contributed by atoms with Crippen molar-refractivity contribution in [3.8, 4) is 11.5 Å². The van der Waals surface area contributed by atoms with E-state index in [1.54, 1.807) is 7.11 Å². The van der Waals surface area contributed by atoms with Crippen molar-refractivity contribution < 1.29 is 19.3 Å². The second kappa shape index (κ2) is 6.89. The molecular formula is C28H43NO4. The molecule has 1 aromatic rings. The number of hydrogen-bond donors (Lipinski definition) is 1. The standard InChI is InChI=1S/C28H43NO4/c1-10-29(7)20-15-17-11-12-18(31-8)22-21(17)25(5)23(33-22)28(32-9)14-13-27(20,25)16-19(28)26(6,30)24(2,3)4/h11-12,19-20,23,30H,10,13-16H2,1-9H3/t19-,20-,23-,25+,26?,27?,28+/m1/s1. The zero-order valence-electron chi connectivity index (χ0n) is 22.0. The molecule has 1 aliphatic heterocycles. The molecule has 5 aliphatic rings. The van der Waals surface area contributed by atoms with Crippen molar-refractivity contribution in [1.29, 1.82) is 0 Å². The van der Waals surface area contributed by atoms with Crippen LogP contribution in [0.2, 0.25) is 0 Å². The maximum Gasteiger partial charge on any atom is 0.165 e. The summed E-state index contributed by atoms with van der Waals surface area (Å²) in [5.74, 6) is 1.69.